The van der Waals surface area contributed by atoms with Gasteiger partial charge in [-0.15, -0.1) is 0 Å². The van der Waals surface area contributed by atoms with Crippen molar-refractivity contribution in [3.63, 3.8) is 0 Å². The fourth-order valence-corrected chi connectivity index (χ4v) is 3.49. The zero-order valence-corrected chi connectivity index (χ0v) is 13.7. The van der Waals surface area contributed by atoms with Crippen molar-refractivity contribution in [1.29, 1.82) is 0 Å². The highest BCUT2D eigenvalue weighted by molar-refractivity contribution is 5.91. The van der Waals surface area contributed by atoms with E-state index >= 15 is 0 Å². The minimum Gasteiger partial charge on any atom is -0.461 e. The summed E-state index contributed by atoms with van der Waals surface area (Å²) in [6.45, 7) is 1.82. The summed E-state index contributed by atoms with van der Waals surface area (Å²) >= 11 is 0. The van der Waals surface area contributed by atoms with Crippen molar-refractivity contribution in [3.8, 4) is 11.6 Å². The number of benzene rings is 2. The first kappa shape index (κ1) is 14.2. The molecule has 0 saturated carbocycles. The van der Waals surface area contributed by atoms with Crippen LogP contribution < -0.4 is 4.90 Å². The maximum Gasteiger partial charge on any atom is 0.198 e. The Labute approximate surface area is 145 Å². The monoisotopic (exact) mass is 327 g/mol. The first-order valence-electron chi connectivity index (χ1n) is 8.51. The third-order valence-corrected chi connectivity index (χ3v) is 4.75. The molecule has 3 heterocycles. The number of para-hydroxylation sites is 1. The normalized spacial score (nSPS) is 13.8. The van der Waals surface area contributed by atoms with Crippen molar-refractivity contribution in [1.82, 2.24) is 9.97 Å². The van der Waals surface area contributed by atoms with Crippen LogP contribution >= 0.6 is 0 Å². The van der Waals surface area contributed by atoms with E-state index in [1.165, 1.54) is 11.1 Å². The molecule has 0 spiro atoms. The lowest BCUT2D eigenvalue weighted by Crippen LogP contribution is -2.31. The Morgan fingerprint density at radius 1 is 0.840 bits per heavy atom. The standard InChI is InChI=1S/C21H17N3O/c1-2-7-16-14-24(12-11-15(16)6-1)21-17-8-3-4-9-18(17)22-20(23-21)19-10-5-13-25-19/h1-10,13H,11-12,14H2. The molecule has 1 aliphatic rings. The van der Waals surface area contributed by atoms with Crippen molar-refractivity contribution >= 4 is 16.7 Å². The lowest BCUT2D eigenvalue weighted by atomic mass is 9.99. The first-order chi connectivity index (χ1) is 12.4. The number of furan rings is 1. The number of fused-ring (bicyclic) bond motifs is 2. The molecule has 4 aromatic rings. The molecule has 0 unspecified atom stereocenters. The molecule has 5 rings (SSSR count). The highest BCUT2D eigenvalue weighted by Crippen LogP contribution is 2.31. The molecule has 4 heteroatoms. The maximum absolute atomic E-state index is 5.52. The Bertz CT molecular complexity index is 1040. The van der Waals surface area contributed by atoms with Crippen LogP contribution in [0.3, 0.4) is 0 Å². The van der Waals surface area contributed by atoms with Gasteiger partial charge in [0, 0.05) is 18.5 Å². The van der Waals surface area contributed by atoms with Gasteiger partial charge < -0.3 is 9.32 Å². The van der Waals surface area contributed by atoms with Crippen LogP contribution in [0.1, 0.15) is 11.1 Å². The Hall–Kier alpha value is -3.14. The maximum atomic E-state index is 5.52. The highest BCUT2D eigenvalue weighted by Gasteiger charge is 2.21. The van der Waals surface area contributed by atoms with Gasteiger partial charge in [-0.25, -0.2) is 9.97 Å². The molecule has 122 valence electrons. The molecule has 2 aromatic carbocycles. The van der Waals surface area contributed by atoms with Gasteiger partial charge >= 0.3 is 0 Å². The third kappa shape index (κ3) is 2.47. The van der Waals surface area contributed by atoms with E-state index in [4.69, 9.17) is 9.40 Å². The summed E-state index contributed by atoms with van der Waals surface area (Å²) in [5, 5.41) is 1.08. The lowest BCUT2D eigenvalue weighted by Gasteiger charge is -2.30. The largest absolute Gasteiger partial charge is 0.461 e. The van der Waals surface area contributed by atoms with Crippen LogP contribution in [0.4, 0.5) is 5.82 Å². The predicted octanol–water partition coefficient (Wildman–Crippen LogP) is 4.45. The van der Waals surface area contributed by atoms with Gasteiger partial charge in [0.15, 0.2) is 11.6 Å². The summed E-state index contributed by atoms with van der Waals surface area (Å²) < 4.78 is 5.52. The van der Waals surface area contributed by atoms with E-state index in [0.29, 0.717) is 11.6 Å². The Kier molecular flexibility index (Phi) is 3.27. The molecule has 0 saturated heterocycles. The molecule has 0 radical (unpaired) electrons. The Morgan fingerprint density at radius 2 is 1.68 bits per heavy atom. The van der Waals surface area contributed by atoms with E-state index in [9.17, 15) is 0 Å². The third-order valence-electron chi connectivity index (χ3n) is 4.75. The van der Waals surface area contributed by atoms with E-state index in [2.05, 4.69) is 40.2 Å². The van der Waals surface area contributed by atoms with Crippen LogP contribution in [0.25, 0.3) is 22.5 Å². The van der Waals surface area contributed by atoms with Crippen LogP contribution in [0.5, 0.6) is 0 Å². The first-order valence-corrected chi connectivity index (χ1v) is 8.51. The molecule has 2 aromatic heterocycles. The van der Waals surface area contributed by atoms with Crippen LogP contribution in [0.2, 0.25) is 0 Å². The average molecular weight is 327 g/mol. The summed E-state index contributed by atoms with van der Waals surface area (Å²) in [6, 6.07) is 20.6. The number of hydrogen-bond acceptors (Lipinski definition) is 4. The average Bonchev–Trinajstić information content (AvgIpc) is 3.21. The molecular weight excluding hydrogens is 310 g/mol. The minimum atomic E-state index is 0.637. The predicted molar refractivity (Wildman–Crippen MR) is 98.4 cm³/mol. The molecule has 0 aliphatic carbocycles. The van der Waals surface area contributed by atoms with Crippen molar-refractivity contribution in [2.75, 3.05) is 11.4 Å². The van der Waals surface area contributed by atoms with Gasteiger partial charge in [0.05, 0.1) is 11.8 Å². The van der Waals surface area contributed by atoms with Gasteiger partial charge in [-0.05, 0) is 41.8 Å². The number of anilines is 1. The van der Waals surface area contributed by atoms with E-state index in [1.54, 1.807) is 6.26 Å². The fourth-order valence-electron chi connectivity index (χ4n) is 3.49. The number of hydrogen-bond donors (Lipinski definition) is 0. The number of rotatable bonds is 2. The summed E-state index contributed by atoms with van der Waals surface area (Å²) in [6.07, 6.45) is 2.69. The van der Waals surface area contributed by atoms with Gasteiger partial charge in [0.25, 0.3) is 0 Å². The second-order valence-corrected chi connectivity index (χ2v) is 6.31. The molecule has 25 heavy (non-hydrogen) atoms. The molecule has 0 bridgehead atoms. The zero-order valence-electron chi connectivity index (χ0n) is 13.7. The molecule has 4 nitrogen and oxygen atoms in total. The molecular formula is C21H17N3O. The zero-order chi connectivity index (χ0) is 16.6. The molecule has 0 atom stereocenters. The van der Waals surface area contributed by atoms with Crippen LogP contribution in [0.15, 0.2) is 71.3 Å². The smallest absolute Gasteiger partial charge is 0.198 e. The highest BCUT2D eigenvalue weighted by atomic mass is 16.3. The van der Waals surface area contributed by atoms with E-state index < -0.39 is 0 Å². The van der Waals surface area contributed by atoms with E-state index in [1.807, 2.05) is 30.3 Å². The van der Waals surface area contributed by atoms with Crippen LogP contribution in [-0.4, -0.2) is 16.5 Å². The van der Waals surface area contributed by atoms with Crippen LogP contribution in [-0.2, 0) is 13.0 Å². The summed E-state index contributed by atoms with van der Waals surface area (Å²) in [7, 11) is 0. The fraction of sp³-hybridized carbons (Fsp3) is 0.143. The number of aromatic nitrogens is 2. The van der Waals surface area contributed by atoms with Crippen LogP contribution in [0, 0.1) is 0 Å². The molecule has 0 fully saturated rings. The van der Waals surface area contributed by atoms with Gasteiger partial charge in [-0.3, -0.25) is 0 Å². The minimum absolute atomic E-state index is 0.637. The molecule has 1 aliphatic heterocycles. The molecule has 0 N–H and O–H groups in total. The quantitative estimate of drug-likeness (QED) is 0.545. The summed E-state index contributed by atoms with van der Waals surface area (Å²) in [5.74, 6) is 2.31. The second kappa shape index (κ2) is 5.74. The topological polar surface area (TPSA) is 42.2 Å². The second-order valence-electron chi connectivity index (χ2n) is 6.31. The van der Waals surface area contributed by atoms with E-state index in [0.717, 1.165) is 36.2 Å². The molecule has 0 amide bonds. The van der Waals surface area contributed by atoms with Crippen molar-refractivity contribution < 1.29 is 4.42 Å². The SMILES string of the molecule is c1coc(-c2nc(N3CCc4ccccc4C3)c3ccccc3n2)c1. The van der Waals surface area contributed by atoms with Gasteiger partial charge in [0.2, 0.25) is 0 Å². The van der Waals surface area contributed by atoms with E-state index in [-0.39, 0.29) is 0 Å². The summed E-state index contributed by atoms with van der Waals surface area (Å²) in [4.78, 5) is 11.9. The number of nitrogens with zero attached hydrogens (tertiary/aromatic N) is 3. The van der Waals surface area contributed by atoms with Crippen molar-refractivity contribution in [3.05, 3.63) is 78.1 Å². The van der Waals surface area contributed by atoms with Gasteiger partial charge in [-0.2, -0.15) is 0 Å². The van der Waals surface area contributed by atoms with Gasteiger partial charge in [0.1, 0.15) is 5.82 Å². The lowest BCUT2D eigenvalue weighted by molar-refractivity contribution is 0.577. The van der Waals surface area contributed by atoms with Crippen molar-refractivity contribution in [2.24, 2.45) is 0 Å². The van der Waals surface area contributed by atoms with Gasteiger partial charge in [-0.1, -0.05) is 36.4 Å². The summed E-state index contributed by atoms with van der Waals surface area (Å²) in [5.41, 5.74) is 3.75. The van der Waals surface area contributed by atoms with Crippen molar-refractivity contribution in [2.45, 2.75) is 13.0 Å². The Balaban J connectivity index is 1.65. The Morgan fingerprint density at radius 3 is 2.56 bits per heavy atom.